The van der Waals surface area contributed by atoms with E-state index in [1.807, 2.05) is 0 Å². The van der Waals surface area contributed by atoms with Crippen molar-refractivity contribution in [2.75, 3.05) is 0 Å². The lowest BCUT2D eigenvalue weighted by atomic mass is 9.86. The first-order chi connectivity index (χ1) is 5.08. The molecule has 1 aliphatic carbocycles. The summed E-state index contributed by atoms with van der Waals surface area (Å²) >= 11 is 0. The summed E-state index contributed by atoms with van der Waals surface area (Å²) in [5.74, 6) is 0. The van der Waals surface area contributed by atoms with Crippen LogP contribution in [0.25, 0.3) is 0 Å². The van der Waals surface area contributed by atoms with Gasteiger partial charge in [-0.3, -0.25) is 0 Å². The van der Waals surface area contributed by atoms with Crippen molar-refractivity contribution in [1.82, 2.24) is 0 Å². The van der Waals surface area contributed by atoms with Gasteiger partial charge in [0, 0.05) is 0 Å². The molecule has 0 unspecified atom stereocenters. The van der Waals surface area contributed by atoms with Gasteiger partial charge >= 0.3 is 0 Å². The molecule has 0 saturated carbocycles. The second-order valence-corrected chi connectivity index (χ2v) is 3.95. The Bertz CT molecular complexity index is 228. The zero-order valence-corrected chi connectivity index (χ0v) is 7.57. The Morgan fingerprint density at radius 1 is 1.55 bits per heavy atom. The lowest BCUT2D eigenvalue weighted by Crippen LogP contribution is -2.06. The fraction of sp³-hybridized carbons (Fsp3) is 0.700. The predicted molar refractivity (Wildman–Crippen MR) is 45.9 cm³/mol. The fourth-order valence-corrected chi connectivity index (χ4v) is 1.63. The zero-order chi connectivity index (χ0) is 8.48. The molecule has 0 saturated heterocycles. The normalized spacial score (nSPS) is 22.0. The zero-order valence-electron chi connectivity index (χ0n) is 7.57. The first-order valence-electron chi connectivity index (χ1n) is 4.14. The van der Waals surface area contributed by atoms with Gasteiger partial charge in [-0.15, -0.1) is 0 Å². The summed E-state index contributed by atoms with van der Waals surface area (Å²) in [4.78, 5) is 0. The number of rotatable bonds is 1. The summed E-state index contributed by atoms with van der Waals surface area (Å²) in [6, 6.07) is 2.22. The van der Waals surface area contributed by atoms with Crippen molar-refractivity contribution in [2.45, 2.75) is 40.0 Å². The van der Waals surface area contributed by atoms with E-state index >= 15 is 0 Å². The van der Waals surface area contributed by atoms with Gasteiger partial charge in [0.25, 0.3) is 0 Å². The smallest absolute Gasteiger partial charge is 0.0666 e. The highest BCUT2D eigenvalue weighted by Gasteiger charge is 2.28. The molecule has 0 spiro atoms. The second kappa shape index (κ2) is 2.70. The number of allylic oxidation sites excluding steroid dienone is 2. The van der Waals surface area contributed by atoms with E-state index < -0.39 is 0 Å². The van der Waals surface area contributed by atoms with E-state index in [1.165, 1.54) is 17.6 Å². The van der Waals surface area contributed by atoms with Gasteiger partial charge in [-0.25, -0.2) is 0 Å². The number of hydrogen-bond acceptors (Lipinski definition) is 1. The van der Waals surface area contributed by atoms with Crippen LogP contribution in [0, 0.1) is 16.7 Å². The average Bonchev–Trinajstić information content (AvgIpc) is 2.17. The molecule has 0 atom stereocenters. The number of hydrogen-bond donors (Lipinski definition) is 0. The maximum absolute atomic E-state index is 8.53. The van der Waals surface area contributed by atoms with E-state index in [2.05, 4.69) is 26.8 Å². The van der Waals surface area contributed by atoms with Crippen LogP contribution in [0.4, 0.5) is 0 Å². The molecule has 0 aromatic rings. The third-order valence-electron chi connectivity index (χ3n) is 2.89. The predicted octanol–water partition coefficient (Wildman–Crippen LogP) is 3.04. The largest absolute Gasteiger partial charge is 0.198 e. The Hall–Kier alpha value is -0.770. The Morgan fingerprint density at radius 3 is 2.55 bits per heavy atom. The Morgan fingerprint density at radius 2 is 2.18 bits per heavy atom. The minimum Gasteiger partial charge on any atom is -0.198 e. The molecule has 1 nitrogen and oxygen atoms in total. The second-order valence-electron chi connectivity index (χ2n) is 3.95. The third-order valence-corrected chi connectivity index (χ3v) is 2.89. The molecule has 0 aromatic heterocycles. The van der Waals surface area contributed by atoms with Crippen LogP contribution in [0.2, 0.25) is 0 Å². The summed E-state index contributed by atoms with van der Waals surface area (Å²) in [5.41, 5.74) is 3.17. The van der Waals surface area contributed by atoms with E-state index in [4.69, 9.17) is 5.26 Å². The summed E-state index contributed by atoms with van der Waals surface area (Å²) in [6.07, 6.45) is 2.98. The Kier molecular flexibility index (Phi) is 2.04. The van der Waals surface area contributed by atoms with Crippen molar-refractivity contribution in [2.24, 2.45) is 5.41 Å². The van der Waals surface area contributed by atoms with Gasteiger partial charge in [0.15, 0.2) is 0 Å². The van der Waals surface area contributed by atoms with Gasteiger partial charge in [0.05, 0.1) is 12.5 Å². The van der Waals surface area contributed by atoms with Crippen molar-refractivity contribution in [1.29, 1.82) is 5.26 Å². The van der Waals surface area contributed by atoms with Crippen molar-refractivity contribution >= 4 is 0 Å². The van der Waals surface area contributed by atoms with Gasteiger partial charge in [-0.05, 0) is 25.2 Å². The molecule has 1 heteroatoms. The topological polar surface area (TPSA) is 23.8 Å². The van der Waals surface area contributed by atoms with Crippen LogP contribution in [0.5, 0.6) is 0 Å². The monoisotopic (exact) mass is 149 g/mol. The molecular formula is C10H15N. The molecule has 60 valence electrons. The minimum absolute atomic E-state index is 0.353. The van der Waals surface area contributed by atoms with Crippen LogP contribution >= 0.6 is 0 Å². The van der Waals surface area contributed by atoms with Crippen LogP contribution in [0.1, 0.15) is 40.0 Å². The highest BCUT2D eigenvalue weighted by molar-refractivity contribution is 5.26. The van der Waals surface area contributed by atoms with Crippen molar-refractivity contribution in [3.63, 3.8) is 0 Å². The van der Waals surface area contributed by atoms with Crippen molar-refractivity contribution in [3.05, 3.63) is 11.1 Å². The van der Waals surface area contributed by atoms with E-state index in [1.54, 1.807) is 0 Å². The molecule has 1 aliphatic rings. The Labute approximate surface area is 68.7 Å². The van der Waals surface area contributed by atoms with Crippen LogP contribution in [-0.2, 0) is 0 Å². The summed E-state index contributed by atoms with van der Waals surface area (Å²) in [7, 11) is 0. The molecule has 0 aliphatic heterocycles. The molecule has 0 amide bonds. The molecule has 0 N–H and O–H groups in total. The van der Waals surface area contributed by atoms with Gasteiger partial charge in [-0.1, -0.05) is 25.0 Å². The molecular weight excluding hydrogens is 134 g/mol. The van der Waals surface area contributed by atoms with Crippen LogP contribution < -0.4 is 0 Å². The standard InChI is InChI=1S/C10H15N/c1-8-9(5-7-11)4-6-10(8,2)3/h4-6H2,1-3H3. The molecule has 1 rings (SSSR count). The third kappa shape index (κ3) is 1.45. The van der Waals surface area contributed by atoms with Crippen LogP contribution in [-0.4, -0.2) is 0 Å². The Balaban J connectivity index is 2.83. The number of nitrogens with zero attached hydrogens (tertiary/aromatic N) is 1. The average molecular weight is 149 g/mol. The summed E-state index contributed by atoms with van der Waals surface area (Å²) in [6.45, 7) is 6.68. The summed E-state index contributed by atoms with van der Waals surface area (Å²) in [5, 5.41) is 8.53. The van der Waals surface area contributed by atoms with E-state index in [0.29, 0.717) is 11.8 Å². The highest BCUT2D eigenvalue weighted by atomic mass is 14.3. The minimum atomic E-state index is 0.353. The fourth-order valence-electron chi connectivity index (χ4n) is 1.63. The van der Waals surface area contributed by atoms with Crippen LogP contribution in [0.3, 0.4) is 0 Å². The SMILES string of the molecule is CC1=C(CC#N)CCC1(C)C. The van der Waals surface area contributed by atoms with Crippen molar-refractivity contribution in [3.8, 4) is 6.07 Å². The van der Waals surface area contributed by atoms with Crippen molar-refractivity contribution < 1.29 is 0 Å². The number of nitriles is 1. The maximum atomic E-state index is 8.53. The van der Waals surface area contributed by atoms with Gasteiger partial charge in [-0.2, -0.15) is 5.26 Å². The molecule has 0 bridgehead atoms. The quantitative estimate of drug-likeness (QED) is 0.526. The highest BCUT2D eigenvalue weighted by Crippen LogP contribution is 2.42. The van der Waals surface area contributed by atoms with E-state index in [-0.39, 0.29) is 0 Å². The van der Waals surface area contributed by atoms with Gasteiger partial charge in [0.2, 0.25) is 0 Å². The van der Waals surface area contributed by atoms with E-state index in [0.717, 1.165) is 6.42 Å². The van der Waals surface area contributed by atoms with Gasteiger partial charge < -0.3 is 0 Å². The molecule has 0 fully saturated rings. The van der Waals surface area contributed by atoms with E-state index in [9.17, 15) is 0 Å². The molecule has 0 radical (unpaired) electrons. The van der Waals surface area contributed by atoms with Crippen LogP contribution in [0.15, 0.2) is 11.1 Å². The maximum Gasteiger partial charge on any atom is 0.0666 e. The van der Waals surface area contributed by atoms with Gasteiger partial charge in [0.1, 0.15) is 0 Å². The lowest BCUT2D eigenvalue weighted by molar-refractivity contribution is 0.443. The summed E-state index contributed by atoms with van der Waals surface area (Å²) < 4.78 is 0. The first kappa shape index (κ1) is 8.33. The molecule has 0 aromatic carbocycles. The molecule has 0 heterocycles. The lowest BCUT2D eigenvalue weighted by Gasteiger charge is -2.19. The first-order valence-corrected chi connectivity index (χ1v) is 4.14. The molecule has 11 heavy (non-hydrogen) atoms.